The number of rotatable bonds is 7. The number of carbonyl (C=O) groups is 1. The van der Waals surface area contributed by atoms with Gasteiger partial charge in [0.2, 0.25) is 15.9 Å². The van der Waals surface area contributed by atoms with E-state index in [1.54, 1.807) is 24.3 Å². The molecule has 1 saturated carbocycles. The Hall–Kier alpha value is -1.15. The van der Waals surface area contributed by atoms with E-state index in [-0.39, 0.29) is 35.2 Å². The smallest absolute Gasteiger partial charge is 0.243 e. The number of sulfonamides is 1. The molecule has 28 heavy (non-hydrogen) atoms. The maximum absolute atomic E-state index is 12.7. The highest BCUT2D eigenvalue weighted by atomic mass is 35.5. The quantitative estimate of drug-likeness (QED) is 0.693. The molecule has 1 aliphatic rings. The standard InChI is InChI=1S/C20H33N3O3S.ClH/c1-5-23(6-2)27(25,26)17-12-10-16(11-13-17)15(3)22-19(24)18-9-7-8-14-20(18,4)21;/h10-13,15,18H,5-9,14,21H2,1-4H3,(H,22,24);1H. The van der Waals surface area contributed by atoms with Crippen LogP contribution in [0.5, 0.6) is 0 Å². The van der Waals surface area contributed by atoms with Crippen molar-refractivity contribution in [3.8, 4) is 0 Å². The third kappa shape index (κ3) is 5.47. The Kier molecular flexibility index (Phi) is 8.93. The summed E-state index contributed by atoms with van der Waals surface area (Å²) in [7, 11) is -3.47. The Morgan fingerprint density at radius 2 is 1.82 bits per heavy atom. The van der Waals surface area contributed by atoms with E-state index in [0.717, 1.165) is 31.2 Å². The molecule has 3 atom stereocenters. The number of hydrogen-bond donors (Lipinski definition) is 2. The Morgan fingerprint density at radius 3 is 2.32 bits per heavy atom. The van der Waals surface area contributed by atoms with Gasteiger partial charge in [-0.25, -0.2) is 8.42 Å². The van der Waals surface area contributed by atoms with Crippen molar-refractivity contribution in [2.45, 2.75) is 69.9 Å². The second-order valence-electron chi connectivity index (χ2n) is 7.69. The minimum Gasteiger partial charge on any atom is -0.349 e. The van der Waals surface area contributed by atoms with Crippen LogP contribution in [0.15, 0.2) is 29.2 Å². The van der Waals surface area contributed by atoms with E-state index in [1.807, 2.05) is 27.7 Å². The minimum atomic E-state index is -3.47. The molecule has 1 fully saturated rings. The normalized spacial score (nSPS) is 23.7. The van der Waals surface area contributed by atoms with Crippen LogP contribution in [0.2, 0.25) is 0 Å². The third-order valence-corrected chi connectivity index (χ3v) is 7.72. The van der Waals surface area contributed by atoms with Crippen molar-refractivity contribution in [2.75, 3.05) is 13.1 Å². The van der Waals surface area contributed by atoms with Gasteiger partial charge in [0.15, 0.2) is 0 Å². The van der Waals surface area contributed by atoms with E-state index < -0.39 is 15.6 Å². The Bertz CT molecular complexity index is 746. The van der Waals surface area contributed by atoms with Gasteiger partial charge >= 0.3 is 0 Å². The Morgan fingerprint density at radius 1 is 1.25 bits per heavy atom. The fraction of sp³-hybridized carbons (Fsp3) is 0.650. The molecular weight excluding hydrogens is 398 g/mol. The van der Waals surface area contributed by atoms with E-state index >= 15 is 0 Å². The number of carbonyl (C=O) groups excluding carboxylic acids is 1. The van der Waals surface area contributed by atoms with Crippen LogP contribution >= 0.6 is 12.4 Å². The van der Waals surface area contributed by atoms with Gasteiger partial charge in [0.1, 0.15) is 0 Å². The van der Waals surface area contributed by atoms with Crippen LogP contribution in [0.1, 0.15) is 65.0 Å². The predicted octanol–water partition coefficient (Wildman–Crippen LogP) is 3.22. The van der Waals surface area contributed by atoms with Gasteiger partial charge < -0.3 is 11.1 Å². The molecule has 3 unspecified atom stereocenters. The van der Waals surface area contributed by atoms with Gasteiger partial charge in [0.05, 0.1) is 16.9 Å². The van der Waals surface area contributed by atoms with Crippen LogP contribution in [0, 0.1) is 5.92 Å². The zero-order valence-electron chi connectivity index (χ0n) is 17.3. The van der Waals surface area contributed by atoms with Gasteiger partial charge in [-0.15, -0.1) is 12.4 Å². The molecule has 0 aliphatic heterocycles. The molecule has 0 saturated heterocycles. The van der Waals surface area contributed by atoms with E-state index in [1.165, 1.54) is 4.31 Å². The maximum atomic E-state index is 12.7. The van der Waals surface area contributed by atoms with Crippen LogP contribution < -0.4 is 11.1 Å². The largest absolute Gasteiger partial charge is 0.349 e. The van der Waals surface area contributed by atoms with Crippen LogP contribution in [-0.4, -0.2) is 37.3 Å². The van der Waals surface area contributed by atoms with Crippen molar-refractivity contribution in [3.05, 3.63) is 29.8 Å². The molecule has 1 aliphatic carbocycles. The first-order valence-electron chi connectivity index (χ1n) is 9.82. The summed E-state index contributed by atoms with van der Waals surface area (Å²) in [6.07, 6.45) is 3.76. The summed E-state index contributed by atoms with van der Waals surface area (Å²) >= 11 is 0. The number of amides is 1. The summed E-state index contributed by atoms with van der Waals surface area (Å²) in [5.74, 6) is -0.206. The van der Waals surface area contributed by atoms with Crippen LogP contribution in [0.4, 0.5) is 0 Å². The number of nitrogens with zero attached hydrogens (tertiary/aromatic N) is 1. The summed E-state index contributed by atoms with van der Waals surface area (Å²) in [6, 6.07) is 6.55. The lowest BCUT2D eigenvalue weighted by Crippen LogP contribution is -2.53. The molecule has 160 valence electrons. The Balaban J connectivity index is 0.00000392. The highest BCUT2D eigenvalue weighted by molar-refractivity contribution is 7.89. The number of halogens is 1. The van der Waals surface area contributed by atoms with E-state index in [9.17, 15) is 13.2 Å². The summed E-state index contributed by atoms with van der Waals surface area (Å²) in [6.45, 7) is 8.38. The number of hydrogen-bond acceptors (Lipinski definition) is 4. The molecule has 0 aromatic heterocycles. The number of nitrogens with two attached hydrogens (primary N) is 1. The minimum absolute atomic E-state index is 0. The molecule has 2 rings (SSSR count). The fourth-order valence-electron chi connectivity index (χ4n) is 3.83. The van der Waals surface area contributed by atoms with Crippen LogP contribution in [0.3, 0.4) is 0 Å². The first kappa shape index (κ1) is 24.9. The summed E-state index contributed by atoms with van der Waals surface area (Å²) in [5, 5.41) is 3.05. The second-order valence-corrected chi connectivity index (χ2v) is 9.63. The molecule has 1 aromatic carbocycles. The van der Waals surface area contributed by atoms with Crippen molar-refractivity contribution < 1.29 is 13.2 Å². The lowest BCUT2D eigenvalue weighted by molar-refractivity contribution is -0.128. The Labute approximate surface area is 175 Å². The summed E-state index contributed by atoms with van der Waals surface area (Å²) in [4.78, 5) is 13.0. The van der Waals surface area contributed by atoms with E-state index in [4.69, 9.17) is 5.73 Å². The van der Waals surface area contributed by atoms with Crippen molar-refractivity contribution in [3.63, 3.8) is 0 Å². The molecule has 1 aromatic rings. The van der Waals surface area contributed by atoms with Crippen molar-refractivity contribution in [2.24, 2.45) is 11.7 Å². The van der Waals surface area contributed by atoms with Crippen molar-refractivity contribution in [1.82, 2.24) is 9.62 Å². The summed E-state index contributed by atoms with van der Waals surface area (Å²) < 4.78 is 26.6. The molecule has 3 N–H and O–H groups in total. The van der Waals surface area contributed by atoms with Gasteiger partial charge in [0.25, 0.3) is 0 Å². The number of nitrogens with one attached hydrogen (secondary N) is 1. The van der Waals surface area contributed by atoms with E-state index in [2.05, 4.69) is 5.32 Å². The lowest BCUT2D eigenvalue weighted by atomic mass is 9.74. The molecule has 6 nitrogen and oxygen atoms in total. The lowest BCUT2D eigenvalue weighted by Gasteiger charge is -2.37. The molecule has 0 spiro atoms. The van der Waals surface area contributed by atoms with E-state index in [0.29, 0.717) is 13.1 Å². The highest BCUT2D eigenvalue weighted by Gasteiger charge is 2.38. The maximum Gasteiger partial charge on any atom is 0.243 e. The average Bonchev–Trinajstić information content (AvgIpc) is 2.62. The second kappa shape index (κ2) is 10.1. The third-order valence-electron chi connectivity index (χ3n) is 5.65. The fourth-order valence-corrected chi connectivity index (χ4v) is 5.29. The first-order valence-corrected chi connectivity index (χ1v) is 11.3. The zero-order chi connectivity index (χ0) is 20.2. The SMILES string of the molecule is CCN(CC)S(=O)(=O)c1ccc(C(C)NC(=O)C2CCCCC2(C)N)cc1.Cl. The topological polar surface area (TPSA) is 92.5 Å². The van der Waals surface area contributed by atoms with Gasteiger partial charge in [-0.1, -0.05) is 38.8 Å². The molecule has 0 radical (unpaired) electrons. The average molecular weight is 432 g/mol. The summed E-state index contributed by atoms with van der Waals surface area (Å²) in [5.41, 5.74) is 6.73. The number of benzene rings is 1. The first-order chi connectivity index (χ1) is 12.6. The highest BCUT2D eigenvalue weighted by Crippen LogP contribution is 2.32. The van der Waals surface area contributed by atoms with Crippen molar-refractivity contribution in [1.29, 1.82) is 0 Å². The molecule has 1 amide bonds. The molecule has 0 bridgehead atoms. The van der Waals surface area contributed by atoms with Crippen LogP contribution in [0.25, 0.3) is 0 Å². The van der Waals surface area contributed by atoms with Gasteiger partial charge in [-0.3, -0.25) is 4.79 Å². The molecular formula is C20H34ClN3O3S. The van der Waals surface area contributed by atoms with Gasteiger partial charge in [-0.05, 0) is 44.4 Å². The molecule has 0 heterocycles. The molecule has 8 heteroatoms. The monoisotopic (exact) mass is 431 g/mol. The van der Waals surface area contributed by atoms with Gasteiger partial charge in [0, 0.05) is 18.6 Å². The predicted molar refractivity (Wildman–Crippen MR) is 115 cm³/mol. The van der Waals surface area contributed by atoms with Gasteiger partial charge in [-0.2, -0.15) is 4.31 Å². The van der Waals surface area contributed by atoms with Crippen molar-refractivity contribution >= 4 is 28.3 Å². The zero-order valence-corrected chi connectivity index (χ0v) is 18.9. The van der Waals surface area contributed by atoms with Crippen LogP contribution in [-0.2, 0) is 14.8 Å².